The summed E-state index contributed by atoms with van der Waals surface area (Å²) in [6.45, 7) is 4.72. The van der Waals surface area contributed by atoms with Gasteiger partial charge in [-0.25, -0.2) is 0 Å². The number of benzodiazepines with no additional fused rings is 1. The Morgan fingerprint density at radius 2 is 1.44 bits per heavy atom. The molecule has 1 heterocycles. The Morgan fingerprint density at radius 3 is 2.02 bits per heavy atom. The lowest BCUT2D eigenvalue weighted by Gasteiger charge is -2.26. The first-order valence-electron chi connectivity index (χ1n) is 14.0. The second kappa shape index (κ2) is 12.6. The van der Waals surface area contributed by atoms with E-state index in [4.69, 9.17) is 26.1 Å². The molecule has 41 heavy (non-hydrogen) atoms. The van der Waals surface area contributed by atoms with E-state index in [9.17, 15) is 4.79 Å². The minimum absolute atomic E-state index is 0.0409. The normalized spacial score (nSPS) is 14.8. The molecule has 0 spiro atoms. The lowest BCUT2D eigenvalue weighted by atomic mass is 9.92. The molecule has 1 aliphatic heterocycles. The van der Waals surface area contributed by atoms with Crippen LogP contribution in [0, 0.1) is 0 Å². The van der Waals surface area contributed by atoms with Crippen LogP contribution in [0.15, 0.2) is 89.9 Å². The van der Waals surface area contributed by atoms with Gasteiger partial charge in [0, 0.05) is 22.6 Å². The highest BCUT2D eigenvalue weighted by Crippen LogP contribution is 2.34. The van der Waals surface area contributed by atoms with Crippen LogP contribution in [-0.2, 0) is 30.6 Å². The van der Waals surface area contributed by atoms with Gasteiger partial charge in [-0.3, -0.25) is 9.79 Å². The van der Waals surface area contributed by atoms with E-state index in [1.54, 1.807) is 14.2 Å². The zero-order valence-corrected chi connectivity index (χ0v) is 24.7. The third kappa shape index (κ3) is 6.01. The van der Waals surface area contributed by atoms with E-state index in [2.05, 4.69) is 32.0 Å². The summed E-state index contributed by atoms with van der Waals surface area (Å²) >= 11 is 6.56. The van der Waals surface area contributed by atoms with E-state index < -0.39 is 6.04 Å². The van der Waals surface area contributed by atoms with E-state index in [0.717, 1.165) is 52.4 Å². The van der Waals surface area contributed by atoms with Crippen LogP contribution >= 0.6 is 11.6 Å². The van der Waals surface area contributed by atoms with E-state index in [1.165, 1.54) is 16.7 Å². The number of rotatable bonds is 9. The van der Waals surface area contributed by atoms with Gasteiger partial charge in [0.25, 0.3) is 5.91 Å². The summed E-state index contributed by atoms with van der Waals surface area (Å²) in [5, 5.41) is 0.588. The van der Waals surface area contributed by atoms with Gasteiger partial charge in [-0.05, 0) is 89.7 Å². The molecular formula is C35H35ClN2O3. The summed E-state index contributed by atoms with van der Waals surface area (Å²) in [4.78, 5) is 21.6. The van der Waals surface area contributed by atoms with Crippen molar-refractivity contribution in [2.45, 2.75) is 45.7 Å². The maximum absolute atomic E-state index is 14.5. The molecule has 0 aromatic heterocycles. The van der Waals surface area contributed by atoms with Crippen molar-refractivity contribution >= 4 is 28.9 Å². The number of amides is 1. The van der Waals surface area contributed by atoms with Crippen molar-refractivity contribution in [3.05, 3.63) is 123 Å². The van der Waals surface area contributed by atoms with E-state index in [1.807, 2.05) is 71.6 Å². The van der Waals surface area contributed by atoms with Crippen molar-refractivity contribution in [1.29, 1.82) is 0 Å². The molecule has 0 N–H and O–H groups in total. The van der Waals surface area contributed by atoms with E-state index >= 15 is 0 Å². The Kier molecular flexibility index (Phi) is 8.75. The molecule has 0 saturated carbocycles. The smallest absolute Gasteiger partial charge is 0.252 e. The Bertz CT molecular complexity index is 1540. The molecule has 6 heteroatoms. The fraction of sp³-hybridized carbons (Fsp3) is 0.257. The number of anilines is 1. The van der Waals surface area contributed by atoms with Gasteiger partial charge in [0.05, 0.1) is 32.2 Å². The molecular weight excluding hydrogens is 532 g/mol. The summed E-state index contributed by atoms with van der Waals surface area (Å²) in [6, 6.07) is 27.1. The predicted octanol–water partition coefficient (Wildman–Crippen LogP) is 7.48. The molecule has 0 saturated heterocycles. The molecule has 5 rings (SSSR count). The number of carbonyl (C=O) groups excluding carboxylic acids is 1. The zero-order valence-electron chi connectivity index (χ0n) is 24.0. The number of aliphatic imine (C=N–C) groups is 1. The van der Waals surface area contributed by atoms with Crippen molar-refractivity contribution in [3.63, 3.8) is 0 Å². The standard InChI is InChI=1S/C35H35ClN2O3/c1-5-24-8-7-9-25(6-2)30(24)21-32-35(39)38(22-23-10-15-28(40-3)16-11-23)33-19-14-27(36)20-31(33)34(37-32)26-12-17-29(41-4)18-13-26/h7-20,32H,5-6,21-22H2,1-4H3. The van der Waals surface area contributed by atoms with Crippen LogP contribution in [0.5, 0.6) is 11.5 Å². The first-order chi connectivity index (χ1) is 19.9. The Labute approximate surface area is 247 Å². The van der Waals surface area contributed by atoms with Crippen molar-refractivity contribution in [1.82, 2.24) is 0 Å². The second-order valence-electron chi connectivity index (χ2n) is 10.1. The van der Waals surface area contributed by atoms with Crippen molar-refractivity contribution in [2.75, 3.05) is 19.1 Å². The molecule has 4 aromatic rings. The predicted molar refractivity (Wildman–Crippen MR) is 167 cm³/mol. The average molecular weight is 567 g/mol. The Morgan fingerprint density at radius 1 is 0.829 bits per heavy atom. The van der Waals surface area contributed by atoms with Crippen molar-refractivity contribution in [3.8, 4) is 11.5 Å². The molecule has 0 bridgehead atoms. The molecule has 1 atom stereocenters. The van der Waals surface area contributed by atoms with Crippen LogP contribution in [0.25, 0.3) is 0 Å². The van der Waals surface area contributed by atoms with Gasteiger partial charge < -0.3 is 14.4 Å². The number of halogens is 1. The number of benzene rings is 4. The first-order valence-corrected chi connectivity index (χ1v) is 14.4. The summed E-state index contributed by atoms with van der Waals surface area (Å²) in [5.74, 6) is 1.49. The average Bonchev–Trinajstić information content (AvgIpc) is 3.12. The van der Waals surface area contributed by atoms with E-state index in [0.29, 0.717) is 18.0 Å². The molecule has 5 nitrogen and oxygen atoms in total. The van der Waals surface area contributed by atoms with Gasteiger partial charge in [0.2, 0.25) is 0 Å². The maximum atomic E-state index is 14.5. The van der Waals surface area contributed by atoms with Gasteiger partial charge in [-0.2, -0.15) is 0 Å². The van der Waals surface area contributed by atoms with E-state index in [-0.39, 0.29) is 5.91 Å². The van der Waals surface area contributed by atoms with Gasteiger partial charge in [0.1, 0.15) is 17.5 Å². The molecule has 1 amide bonds. The monoisotopic (exact) mass is 566 g/mol. The highest BCUT2D eigenvalue weighted by atomic mass is 35.5. The van der Waals surface area contributed by atoms with Crippen LogP contribution in [0.1, 0.15) is 47.2 Å². The number of hydrogen-bond acceptors (Lipinski definition) is 4. The summed E-state index contributed by atoms with van der Waals surface area (Å²) in [5.41, 5.74) is 7.97. The minimum atomic E-state index is -0.616. The minimum Gasteiger partial charge on any atom is -0.497 e. The lowest BCUT2D eigenvalue weighted by molar-refractivity contribution is -0.119. The fourth-order valence-corrected chi connectivity index (χ4v) is 5.68. The molecule has 1 unspecified atom stereocenters. The van der Waals surface area contributed by atoms with Crippen molar-refractivity contribution < 1.29 is 14.3 Å². The SMILES string of the molecule is CCc1cccc(CC)c1CC1N=C(c2ccc(OC)cc2)c2cc(Cl)ccc2N(Cc2ccc(OC)cc2)C1=O. The number of nitrogens with zero attached hydrogens (tertiary/aromatic N) is 2. The Hall–Kier alpha value is -4.09. The molecule has 0 fully saturated rings. The topological polar surface area (TPSA) is 51.1 Å². The third-order valence-corrected chi connectivity index (χ3v) is 7.97. The Balaban J connectivity index is 1.68. The molecule has 0 aliphatic carbocycles. The highest BCUT2D eigenvalue weighted by Gasteiger charge is 2.33. The molecule has 0 radical (unpaired) electrons. The summed E-state index contributed by atoms with van der Waals surface area (Å²) in [6.07, 6.45) is 2.31. The fourth-order valence-electron chi connectivity index (χ4n) is 5.51. The highest BCUT2D eigenvalue weighted by molar-refractivity contribution is 6.32. The van der Waals surface area contributed by atoms with Crippen LogP contribution < -0.4 is 14.4 Å². The van der Waals surface area contributed by atoms with Gasteiger partial charge in [0.15, 0.2) is 0 Å². The molecule has 4 aromatic carbocycles. The quantitative estimate of drug-likeness (QED) is 0.211. The number of carbonyl (C=O) groups is 1. The third-order valence-electron chi connectivity index (χ3n) is 7.73. The van der Waals surface area contributed by atoms with Crippen LogP contribution in [-0.4, -0.2) is 31.9 Å². The second-order valence-corrected chi connectivity index (χ2v) is 10.6. The number of fused-ring (bicyclic) bond motifs is 1. The summed E-state index contributed by atoms with van der Waals surface area (Å²) < 4.78 is 10.8. The van der Waals surface area contributed by atoms with Gasteiger partial charge in [-0.15, -0.1) is 0 Å². The lowest BCUT2D eigenvalue weighted by Crippen LogP contribution is -2.38. The van der Waals surface area contributed by atoms with Crippen molar-refractivity contribution in [2.24, 2.45) is 4.99 Å². The number of hydrogen-bond donors (Lipinski definition) is 0. The van der Waals surface area contributed by atoms with Gasteiger partial charge >= 0.3 is 0 Å². The van der Waals surface area contributed by atoms with Crippen LogP contribution in [0.2, 0.25) is 5.02 Å². The van der Waals surface area contributed by atoms with Gasteiger partial charge in [-0.1, -0.05) is 55.8 Å². The molecule has 1 aliphatic rings. The first kappa shape index (κ1) is 28.4. The largest absolute Gasteiger partial charge is 0.497 e. The summed E-state index contributed by atoms with van der Waals surface area (Å²) in [7, 11) is 3.30. The molecule has 210 valence electrons. The maximum Gasteiger partial charge on any atom is 0.252 e. The number of ether oxygens (including phenoxy) is 2. The number of aryl methyl sites for hydroxylation is 2. The zero-order chi connectivity index (χ0) is 28.9. The van der Waals surface area contributed by atoms with Crippen LogP contribution in [0.4, 0.5) is 5.69 Å². The van der Waals surface area contributed by atoms with Crippen LogP contribution in [0.3, 0.4) is 0 Å². The number of methoxy groups -OCH3 is 2.